The minimum Gasteiger partial charge on any atom is -0.481 e. The number of carboxylic acids is 2. The molecule has 7 N–H and O–H groups in total. The molecule has 0 aliphatic rings. The smallest absolute Gasteiger partial charge is 0.334 e. The second-order valence-corrected chi connectivity index (χ2v) is 3.42. The largest absolute Gasteiger partial charge is 0.481 e. The lowest BCUT2D eigenvalue weighted by atomic mass is 9.85. The number of hydrogen-bond donors (Lipinski definition) is 5. The van der Waals surface area contributed by atoms with E-state index in [2.05, 4.69) is 0 Å². The Labute approximate surface area is 90.8 Å². The van der Waals surface area contributed by atoms with Crippen LogP contribution in [0.2, 0.25) is 0 Å². The first-order valence-corrected chi connectivity index (χ1v) is 4.36. The van der Waals surface area contributed by atoms with E-state index in [1.165, 1.54) is 0 Å². The molecular formula is C8H14N2O6. The Hall–Kier alpha value is -1.51. The van der Waals surface area contributed by atoms with Crippen molar-refractivity contribution in [1.82, 2.24) is 0 Å². The summed E-state index contributed by atoms with van der Waals surface area (Å²) in [5.41, 5.74) is 7.84. The number of rotatable bonds is 6. The Morgan fingerprint density at radius 1 is 1.31 bits per heavy atom. The fourth-order valence-electron chi connectivity index (χ4n) is 1.08. The van der Waals surface area contributed by atoms with E-state index in [1.54, 1.807) is 0 Å². The first-order valence-electron chi connectivity index (χ1n) is 4.36. The molecule has 0 spiro atoms. The number of nitrogens with two attached hydrogens (primary N) is 2. The van der Waals surface area contributed by atoms with Crippen LogP contribution < -0.4 is 11.5 Å². The Morgan fingerprint density at radius 3 is 2.00 bits per heavy atom. The van der Waals surface area contributed by atoms with Crippen molar-refractivity contribution in [3.05, 3.63) is 0 Å². The van der Waals surface area contributed by atoms with Crippen LogP contribution in [-0.4, -0.2) is 50.7 Å². The summed E-state index contributed by atoms with van der Waals surface area (Å²) in [6.07, 6.45) is -2.44. The highest BCUT2D eigenvalue weighted by molar-refractivity contribution is 6.11. The molecule has 0 aromatic heterocycles. The van der Waals surface area contributed by atoms with Crippen LogP contribution in [0.15, 0.2) is 0 Å². The summed E-state index contributed by atoms with van der Waals surface area (Å²) in [4.78, 5) is 32.6. The van der Waals surface area contributed by atoms with Crippen LogP contribution in [0.1, 0.15) is 13.3 Å². The maximum absolute atomic E-state index is 11.5. The highest BCUT2D eigenvalue weighted by Gasteiger charge is 2.48. The van der Waals surface area contributed by atoms with Crippen LogP contribution in [0.3, 0.4) is 0 Å². The van der Waals surface area contributed by atoms with Gasteiger partial charge in [-0.15, -0.1) is 0 Å². The topological polar surface area (TPSA) is 164 Å². The fraction of sp³-hybridized carbons (Fsp3) is 0.625. The van der Waals surface area contributed by atoms with Crippen LogP contribution >= 0.6 is 0 Å². The van der Waals surface area contributed by atoms with Gasteiger partial charge in [-0.05, 0) is 6.92 Å². The molecule has 0 saturated carbocycles. The van der Waals surface area contributed by atoms with E-state index < -0.39 is 41.8 Å². The molecule has 0 fully saturated rings. The predicted molar refractivity (Wildman–Crippen MR) is 51.5 cm³/mol. The number of Topliss-reactive ketones (excluding diaryl/α,β-unsaturated/α-hetero) is 1. The van der Waals surface area contributed by atoms with Gasteiger partial charge in [0.15, 0.2) is 5.78 Å². The molecular weight excluding hydrogens is 220 g/mol. The van der Waals surface area contributed by atoms with E-state index in [4.69, 9.17) is 26.8 Å². The zero-order chi connectivity index (χ0) is 13.1. The molecule has 0 radical (unpaired) electrons. The van der Waals surface area contributed by atoms with Crippen LogP contribution in [-0.2, 0) is 14.4 Å². The molecule has 0 aromatic carbocycles. The van der Waals surface area contributed by atoms with Crippen molar-refractivity contribution >= 4 is 17.7 Å². The maximum Gasteiger partial charge on any atom is 0.334 e. The second kappa shape index (κ2) is 5.01. The first-order chi connectivity index (χ1) is 7.13. The zero-order valence-corrected chi connectivity index (χ0v) is 8.58. The van der Waals surface area contributed by atoms with Crippen molar-refractivity contribution < 1.29 is 29.7 Å². The summed E-state index contributed by atoms with van der Waals surface area (Å²) in [6, 6.07) is -1.58. The fourth-order valence-corrected chi connectivity index (χ4v) is 1.08. The average molecular weight is 234 g/mol. The molecule has 0 aliphatic carbocycles. The molecule has 0 amide bonds. The molecule has 0 heterocycles. The zero-order valence-electron chi connectivity index (χ0n) is 8.58. The molecule has 8 nitrogen and oxygen atoms in total. The average Bonchev–Trinajstić information content (AvgIpc) is 2.13. The van der Waals surface area contributed by atoms with Gasteiger partial charge in [0, 0.05) is 0 Å². The number of hydrogen-bond acceptors (Lipinski definition) is 6. The monoisotopic (exact) mass is 234 g/mol. The van der Waals surface area contributed by atoms with Crippen molar-refractivity contribution in [1.29, 1.82) is 0 Å². The van der Waals surface area contributed by atoms with Gasteiger partial charge in [-0.25, -0.2) is 4.79 Å². The Bertz CT molecular complexity index is 316. The predicted octanol–water partition coefficient (Wildman–Crippen LogP) is -2.48. The lowest BCUT2D eigenvalue weighted by Gasteiger charge is -2.28. The third-order valence-electron chi connectivity index (χ3n) is 2.15. The molecule has 0 unspecified atom stereocenters. The number of carbonyl (C=O) groups excluding carboxylic acids is 1. The van der Waals surface area contributed by atoms with Gasteiger partial charge < -0.3 is 26.8 Å². The highest BCUT2D eigenvalue weighted by atomic mass is 16.4. The Balaban J connectivity index is 5.04. The Kier molecular flexibility index (Phi) is 4.54. The number of aliphatic hydroxyl groups is 1. The van der Waals surface area contributed by atoms with Gasteiger partial charge in [0.1, 0.15) is 0 Å². The first kappa shape index (κ1) is 14.5. The number of ketones is 1. The SMILES string of the molecule is C[C@H](O)[C@@](N)(C(=O)O)C(=O)[C@H](N)CC(=O)O. The van der Waals surface area contributed by atoms with Crippen LogP contribution in [0.5, 0.6) is 0 Å². The van der Waals surface area contributed by atoms with Crippen molar-refractivity contribution in [2.75, 3.05) is 0 Å². The second-order valence-electron chi connectivity index (χ2n) is 3.42. The van der Waals surface area contributed by atoms with Gasteiger partial charge in [0.05, 0.1) is 18.6 Å². The summed E-state index contributed by atoms with van der Waals surface area (Å²) >= 11 is 0. The summed E-state index contributed by atoms with van der Waals surface area (Å²) in [5, 5.41) is 26.3. The van der Waals surface area contributed by atoms with E-state index >= 15 is 0 Å². The number of aliphatic carboxylic acids is 2. The van der Waals surface area contributed by atoms with Crippen LogP contribution in [0.4, 0.5) is 0 Å². The van der Waals surface area contributed by atoms with Gasteiger partial charge in [0.25, 0.3) is 0 Å². The van der Waals surface area contributed by atoms with Crippen molar-refractivity contribution in [3.63, 3.8) is 0 Å². The summed E-state index contributed by atoms with van der Waals surface area (Å²) in [7, 11) is 0. The normalized spacial score (nSPS) is 18.2. The Morgan fingerprint density at radius 2 is 1.75 bits per heavy atom. The quantitative estimate of drug-likeness (QED) is 0.315. The minimum absolute atomic E-state index is 0.752. The highest BCUT2D eigenvalue weighted by Crippen LogP contribution is 2.12. The van der Waals surface area contributed by atoms with Gasteiger partial charge in [0.2, 0.25) is 5.54 Å². The van der Waals surface area contributed by atoms with E-state index in [0.717, 1.165) is 6.92 Å². The molecule has 0 rings (SSSR count). The van der Waals surface area contributed by atoms with Gasteiger partial charge in [-0.2, -0.15) is 0 Å². The molecule has 0 bridgehead atoms. The third kappa shape index (κ3) is 2.75. The molecule has 92 valence electrons. The number of carboxylic acid groups (broad SMARTS) is 2. The summed E-state index contributed by atoms with van der Waals surface area (Å²) < 4.78 is 0. The summed E-state index contributed by atoms with van der Waals surface area (Å²) in [5.74, 6) is -4.34. The van der Waals surface area contributed by atoms with Gasteiger partial charge in [-0.3, -0.25) is 9.59 Å². The lowest BCUT2D eigenvalue weighted by Crippen LogP contribution is -2.66. The van der Waals surface area contributed by atoms with E-state index in [0.29, 0.717) is 0 Å². The van der Waals surface area contributed by atoms with Crippen molar-refractivity contribution in [2.45, 2.75) is 31.0 Å². The molecule has 8 heteroatoms. The molecule has 3 atom stereocenters. The van der Waals surface area contributed by atoms with E-state index in [-0.39, 0.29) is 0 Å². The maximum atomic E-state index is 11.5. The van der Waals surface area contributed by atoms with E-state index in [9.17, 15) is 14.4 Å². The van der Waals surface area contributed by atoms with Gasteiger partial charge >= 0.3 is 11.9 Å². The van der Waals surface area contributed by atoms with Gasteiger partial charge in [-0.1, -0.05) is 0 Å². The molecule has 0 saturated heterocycles. The van der Waals surface area contributed by atoms with Crippen molar-refractivity contribution in [2.24, 2.45) is 11.5 Å². The van der Waals surface area contributed by atoms with Crippen molar-refractivity contribution in [3.8, 4) is 0 Å². The molecule has 0 aliphatic heterocycles. The molecule has 0 aromatic rings. The number of aliphatic hydroxyl groups excluding tert-OH is 1. The minimum atomic E-state index is -2.59. The number of carbonyl (C=O) groups is 3. The lowest BCUT2D eigenvalue weighted by molar-refractivity contribution is -0.155. The van der Waals surface area contributed by atoms with E-state index in [1.807, 2.05) is 0 Å². The third-order valence-corrected chi connectivity index (χ3v) is 2.15. The summed E-state index contributed by atoms with van der Waals surface area (Å²) in [6.45, 7) is 1.01. The van der Waals surface area contributed by atoms with Crippen LogP contribution in [0, 0.1) is 0 Å². The standard InChI is InChI=1S/C8H14N2O6/c1-3(11)8(10,7(15)16)6(14)4(9)2-5(12)13/h3-4,11H,2,9-10H2,1H3,(H,12,13)(H,15,16)/t3-,4+,8-/m0/s1. The molecule has 16 heavy (non-hydrogen) atoms. The van der Waals surface area contributed by atoms with Crippen LogP contribution in [0.25, 0.3) is 0 Å².